The number of aliphatic imine (C=N–C) groups is 1. The monoisotopic (exact) mass is 953 g/mol. The normalized spacial score (nSPS) is 16.7. The molecule has 1 aliphatic carbocycles. The van der Waals surface area contributed by atoms with Gasteiger partial charge < -0.3 is 53.1 Å². The molecular formula is C49H92N8O8S. The molecule has 0 aromatic heterocycles. The zero-order chi connectivity index (χ0) is 49.0. The number of amidine groups is 1. The molecule has 1 aliphatic rings. The lowest BCUT2D eigenvalue weighted by Gasteiger charge is -2.31. The lowest BCUT2D eigenvalue weighted by molar-refractivity contribution is -0.145. The Hall–Kier alpha value is -2.90. The summed E-state index contributed by atoms with van der Waals surface area (Å²) in [5, 5.41) is 54.5. The van der Waals surface area contributed by atoms with Crippen LogP contribution in [-0.4, -0.2) is 106 Å². The van der Waals surface area contributed by atoms with Gasteiger partial charge in [-0.05, 0) is 102 Å². The molecule has 1 rings (SSSR count). The van der Waals surface area contributed by atoms with Crippen molar-refractivity contribution in [2.24, 2.45) is 27.6 Å². The number of ether oxygens (including phenoxy) is 1. The lowest BCUT2D eigenvalue weighted by Crippen LogP contribution is -2.48. The van der Waals surface area contributed by atoms with Crippen molar-refractivity contribution in [1.82, 2.24) is 15.4 Å². The number of aliphatic hydroxyl groups excluding tert-OH is 4. The molecule has 2 amide bonds. The van der Waals surface area contributed by atoms with Crippen LogP contribution in [0.4, 0.5) is 0 Å². The fourth-order valence-electron chi connectivity index (χ4n) is 8.08. The van der Waals surface area contributed by atoms with Crippen LogP contribution in [0.5, 0.6) is 0 Å². The van der Waals surface area contributed by atoms with Gasteiger partial charge in [-0.1, -0.05) is 121 Å². The predicted octanol–water partition coefficient (Wildman–Crippen LogP) is 6.42. The smallest absolute Gasteiger partial charge is 0.307 e. The van der Waals surface area contributed by atoms with Crippen LogP contribution in [-0.2, 0) is 19.1 Å². The molecule has 0 saturated heterocycles. The second-order valence-corrected chi connectivity index (χ2v) is 19.4. The molecule has 0 aromatic rings. The van der Waals surface area contributed by atoms with Crippen molar-refractivity contribution in [2.45, 2.75) is 230 Å². The van der Waals surface area contributed by atoms with E-state index in [1.807, 2.05) is 19.1 Å². The Bertz CT molecular complexity index is 1440. The molecular weight excluding hydrogens is 861 g/mol. The summed E-state index contributed by atoms with van der Waals surface area (Å²) in [7, 11) is 1.58. The van der Waals surface area contributed by atoms with E-state index >= 15 is 0 Å². The molecule has 16 nitrogen and oxygen atoms in total. The second kappa shape index (κ2) is 38.0. The van der Waals surface area contributed by atoms with Gasteiger partial charge in [-0.2, -0.15) is 0 Å². The van der Waals surface area contributed by atoms with Crippen molar-refractivity contribution in [2.75, 3.05) is 20.2 Å². The van der Waals surface area contributed by atoms with E-state index in [9.17, 15) is 29.7 Å². The zero-order valence-electron chi connectivity index (χ0n) is 40.9. The molecule has 14 N–H and O–H groups in total. The van der Waals surface area contributed by atoms with Gasteiger partial charge in [-0.3, -0.25) is 24.7 Å². The number of primary amides is 1. The molecule has 382 valence electrons. The summed E-state index contributed by atoms with van der Waals surface area (Å²) in [6.07, 6.45) is 25.2. The van der Waals surface area contributed by atoms with Crippen LogP contribution in [0.25, 0.3) is 0 Å². The van der Waals surface area contributed by atoms with Crippen molar-refractivity contribution in [3.63, 3.8) is 0 Å². The first-order chi connectivity index (χ1) is 31.7. The number of nitrogens with zero attached hydrogens (tertiary/aromatic N) is 1. The Balaban J connectivity index is 2.88. The summed E-state index contributed by atoms with van der Waals surface area (Å²) in [6.45, 7) is 4.14. The van der Waals surface area contributed by atoms with Crippen LogP contribution < -0.4 is 32.6 Å². The SMILES string of the molecule is CCCCCCCCCCCCCCCC(O)NC(CC(=N)CC(C)(CCCC(OC(=O)CCC1=CC=CCC1)SNC(CCCCN)C(=O)NC(O)CCC(O)CO)C(N)=NC)C(N)=O. The van der Waals surface area contributed by atoms with Crippen molar-refractivity contribution in [3.8, 4) is 0 Å². The van der Waals surface area contributed by atoms with Crippen LogP contribution in [0.3, 0.4) is 0 Å². The third kappa shape index (κ3) is 29.8. The van der Waals surface area contributed by atoms with Gasteiger partial charge in [0.15, 0.2) is 5.44 Å². The third-order valence-electron chi connectivity index (χ3n) is 12.3. The quantitative estimate of drug-likeness (QED) is 0.00787. The number of rotatable bonds is 43. The first kappa shape index (κ1) is 61.1. The van der Waals surface area contributed by atoms with Gasteiger partial charge in [0, 0.05) is 31.0 Å². The average molecular weight is 953 g/mol. The number of nitrogens with one attached hydrogen (secondary N) is 4. The molecule has 7 atom stereocenters. The summed E-state index contributed by atoms with van der Waals surface area (Å²) in [5.74, 6) is -1.18. The van der Waals surface area contributed by atoms with Crippen LogP contribution in [0.15, 0.2) is 28.8 Å². The maximum absolute atomic E-state index is 13.3. The molecule has 0 spiro atoms. The number of esters is 1. The highest BCUT2D eigenvalue weighted by Gasteiger charge is 2.33. The standard InChI is InChI=1S/C49H92N8O8S/c1-4-5-6-7-8-9-10-11-12-13-14-15-19-26-42(60)55-41(46(52)63)34-38(51)35-49(2,48(53)54-3)32-22-27-45(65-44(62)31-28-37-23-17-16-18-24-37)66-57-40(25-20-21-33-50)47(64)56-43(61)30-29-39(59)36-58/h16-17,23,39-43,45,51,55,57-61H,4-15,18-22,24-36,50H2,1-3H3,(H2,52,63)(H2,53,54)(H,56,64). The molecule has 0 aromatic carbocycles. The zero-order valence-corrected chi connectivity index (χ0v) is 41.7. The van der Waals surface area contributed by atoms with Gasteiger partial charge in [0.2, 0.25) is 11.8 Å². The summed E-state index contributed by atoms with van der Waals surface area (Å²) in [5.41, 5.74) is 17.9. The fourth-order valence-corrected chi connectivity index (χ4v) is 9.06. The van der Waals surface area contributed by atoms with Crippen molar-refractivity contribution < 1.29 is 39.5 Å². The molecule has 0 aliphatic heterocycles. The molecule has 0 saturated carbocycles. The number of aliphatic hydroxyl groups is 4. The predicted molar refractivity (Wildman–Crippen MR) is 268 cm³/mol. The van der Waals surface area contributed by atoms with Crippen molar-refractivity contribution >= 4 is 41.3 Å². The number of allylic oxidation sites excluding steroid dienone is 4. The maximum Gasteiger partial charge on any atom is 0.307 e. The van der Waals surface area contributed by atoms with E-state index in [-0.39, 0.29) is 43.8 Å². The van der Waals surface area contributed by atoms with Gasteiger partial charge in [0.05, 0.1) is 30.6 Å². The minimum absolute atomic E-state index is 0.00581. The number of carbonyl (C=O) groups excluding carboxylic acids is 3. The first-order valence-electron chi connectivity index (χ1n) is 25.1. The van der Waals surface area contributed by atoms with E-state index in [1.54, 1.807) is 7.05 Å². The Labute approximate surface area is 401 Å². The van der Waals surface area contributed by atoms with E-state index in [2.05, 4.69) is 33.3 Å². The van der Waals surface area contributed by atoms with Crippen molar-refractivity contribution in [3.05, 3.63) is 23.8 Å². The molecule has 7 unspecified atom stereocenters. The third-order valence-corrected chi connectivity index (χ3v) is 13.3. The van der Waals surface area contributed by atoms with E-state index in [4.69, 9.17) is 32.5 Å². The van der Waals surface area contributed by atoms with Crippen molar-refractivity contribution in [1.29, 1.82) is 5.41 Å². The van der Waals surface area contributed by atoms with E-state index < -0.39 is 59.9 Å². The summed E-state index contributed by atoms with van der Waals surface area (Å²) < 4.78 is 9.19. The van der Waals surface area contributed by atoms with Gasteiger partial charge in [0.25, 0.3) is 0 Å². The van der Waals surface area contributed by atoms with Crippen LogP contribution in [0.2, 0.25) is 0 Å². The Morgan fingerprint density at radius 3 is 2.08 bits per heavy atom. The van der Waals surface area contributed by atoms with E-state index in [1.165, 1.54) is 69.8 Å². The number of carbonyl (C=O) groups is 3. The summed E-state index contributed by atoms with van der Waals surface area (Å²) in [4.78, 5) is 43.4. The minimum atomic E-state index is -1.24. The van der Waals surface area contributed by atoms with Gasteiger partial charge in [-0.25, -0.2) is 4.72 Å². The minimum Gasteiger partial charge on any atom is -0.450 e. The highest BCUT2D eigenvalue weighted by Crippen LogP contribution is 2.32. The molecule has 0 heterocycles. The summed E-state index contributed by atoms with van der Waals surface area (Å²) >= 11 is 1.11. The highest BCUT2D eigenvalue weighted by molar-refractivity contribution is 7.97. The van der Waals surface area contributed by atoms with Gasteiger partial charge in [0.1, 0.15) is 12.5 Å². The Morgan fingerprint density at radius 1 is 0.864 bits per heavy atom. The Kier molecular flexibility index (Phi) is 35.2. The number of hydrogen-bond donors (Lipinski definition) is 11. The van der Waals surface area contributed by atoms with Gasteiger partial charge >= 0.3 is 5.97 Å². The molecule has 0 fully saturated rings. The van der Waals surface area contributed by atoms with Crippen LogP contribution in [0, 0.1) is 10.8 Å². The van der Waals surface area contributed by atoms with E-state index in [0.29, 0.717) is 63.7 Å². The van der Waals surface area contributed by atoms with Crippen LogP contribution >= 0.6 is 11.9 Å². The molecule has 0 bridgehead atoms. The number of hydrogen-bond acceptors (Lipinski definition) is 14. The maximum atomic E-state index is 13.3. The topological polar surface area (TPSA) is 292 Å². The second-order valence-electron chi connectivity index (χ2n) is 18.4. The molecule has 17 heteroatoms. The Morgan fingerprint density at radius 2 is 1.50 bits per heavy atom. The molecule has 0 radical (unpaired) electrons. The highest BCUT2D eigenvalue weighted by atomic mass is 32.2. The van der Waals surface area contributed by atoms with Gasteiger partial charge in [-0.15, -0.1) is 0 Å². The largest absolute Gasteiger partial charge is 0.450 e. The number of nitrogens with two attached hydrogens (primary N) is 3. The fraction of sp³-hybridized carbons (Fsp3) is 0.816. The average Bonchev–Trinajstić information content (AvgIpc) is 3.29. The first-order valence-corrected chi connectivity index (χ1v) is 26.0. The van der Waals surface area contributed by atoms with E-state index in [0.717, 1.165) is 44.1 Å². The lowest BCUT2D eigenvalue weighted by atomic mass is 9.78. The number of amides is 2. The number of unbranched alkanes of at least 4 members (excludes halogenated alkanes) is 13. The summed E-state index contributed by atoms with van der Waals surface area (Å²) in [6, 6.07) is -1.71. The molecule has 66 heavy (non-hydrogen) atoms. The van der Waals surface area contributed by atoms with Crippen LogP contribution in [0.1, 0.15) is 194 Å².